The number of aromatic nitrogens is 1. The molecule has 152 valence electrons. The van der Waals surface area contributed by atoms with E-state index in [0.29, 0.717) is 17.3 Å². The average molecular weight is 426 g/mol. The lowest BCUT2D eigenvalue weighted by Gasteiger charge is -2.08. The number of carbonyl (C=O) groups excluding carboxylic acids is 1. The molecule has 1 amide bonds. The summed E-state index contributed by atoms with van der Waals surface area (Å²) in [7, 11) is 0. The summed E-state index contributed by atoms with van der Waals surface area (Å²) in [6.07, 6.45) is 3.62. The maximum absolute atomic E-state index is 12.8. The SMILES string of the molecule is Cc1c(Cl)cccc1NC(=O)/C(C#N)=C/c1cn(Cc2ccccc2)c2ccccc12. The molecule has 31 heavy (non-hydrogen) atoms. The van der Waals surface area contributed by atoms with Gasteiger partial charge in [0, 0.05) is 39.9 Å². The van der Waals surface area contributed by atoms with Crippen molar-refractivity contribution in [2.45, 2.75) is 13.5 Å². The minimum atomic E-state index is -0.465. The Morgan fingerprint density at radius 2 is 1.81 bits per heavy atom. The normalized spacial score (nSPS) is 11.3. The molecular weight excluding hydrogens is 406 g/mol. The van der Waals surface area contributed by atoms with Crippen LogP contribution in [0.15, 0.2) is 84.6 Å². The minimum absolute atomic E-state index is 0.0296. The van der Waals surface area contributed by atoms with Crippen LogP contribution in [0.4, 0.5) is 5.69 Å². The third kappa shape index (κ3) is 4.37. The molecular formula is C26H20ClN3O. The summed E-state index contributed by atoms with van der Waals surface area (Å²) in [5.74, 6) is -0.465. The van der Waals surface area contributed by atoms with Gasteiger partial charge >= 0.3 is 0 Å². The molecule has 1 heterocycles. The van der Waals surface area contributed by atoms with Crippen LogP contribution in [-0.2, 0) is 11.3 Å². The number of benzene rings is 3. The van der Waals surface area contributed by atoms with Crippen LogP contribution in [0.3, 0.4) is 0 Å². The van der Waals surface area contributed by atoms with E-state index in [0.717, 1.165) is 22.0 Å². The van der Waals surface area contributed by atoms with Gasteiger partial charge in [-0.05, 0) is 42.3 Å². The molecule has 4 aromatic rings. The first-order chi connectivity index (χ1) is 15.1. The Morgan fingerprint density at radius 1 is 1.06 bits per heavy atom. The largest absolute Gasteiger partial charge is 0.342 e. The smallest absolute Gasteiger partial charge is 0.266 e. The maximum atomic E-state index is 12.8. The molecule has 1 N–H and O–H groups in total. The number of halogens is 1. The van der Waals surface area contributed by atoms with Crippen LogP contribution in [-0.4, -0.2) is 10.5 Å². The Hall–Kier alpha value is -3.81. The van der Waals surface area contributed by atoms with Gasteiger partial charge < -0.3 is 9.88 Å². The predicted molar refractivity (Wildman–Crippen MR) is 126 cm³/mol. The molecule has 0 aliphatic carbocycles. The lowest BCUT2D eigenvalue weighted by Crippen LogP contribution is -2.14. The van der Waals surface area contributed by atoms with Crippen LogP contribution < -0.4 is 5.32 Å². The van der Waals surface area contributed by atoms with Crippen LogP contribution in [0, 0.1) is 18.3 Å². The number of rotatable bonds is 5. The highest BCUT2D eigenvalue weighted by atomic mass is 35.5. The Bertz CT molecular complexity index is 1330. The molecule has 0 unspecified atom stereocenters. The van der Waals surface area contributed by atoms with Crippen LogP contribution in [0.25, 0.3) is 17.0 Å². The van der Waals surface area contributed by atoms with E-state index in [1.54, 1.807) is 24.3 Å². The van der Waals surface area contributed by atoms with Gasteiger partial charge in [0.2, 0.25) is 0 Å². The van der Waals surface area contributed by atoms with E-state index in [1.165, 1.54) is 5.56 Å². The standard InChI is InChI=1S/C26H20ClN3O/c1-18-23(27)11-7-12-24(18)29-26(31)20(15-28)14-21-17-30(16-19-8-3-2-4-9-19)25-13-6-5-10-22(21)25/h2-14,17H,16H2,1H3,(H,29,31)/b20-14+. The molecule has 0 saturated heterocycles. The molecule has 0 fully saturated rings. The number of fused-ring (bicyclic) bond motifs is 1. The fourth-order valence-corrected chi connectivity index (χ4v) is 3.71. The van der Waals surface area contributed by atoms with E-state index in [1.807, 2.05) is 61.7 Å². The molecule has 0 saturated carbocycles. The third-order valence-corrected chi connectivity index (χ3v) is 5.61. The maximum Gasteiger partial charge on any atom is 0.266 e. The fourth-order valence-electron chi connectivity index (χ4n) is 3.54. The number of anilines is 1. The van der Waals surface area contributed by atoms with Crippen LogP contribution >= 0.6 is 11.6 Å². The first kappa shape index (κ1) is 20.5. The molecule has 0 atom stereocenters. The monoisotopic (exact) mass is 425 g/mol. The van der Waals surface area contributed by atoms with Crippen molar-refractivity contribution in [2.24, 2.45) is 0 Å². The number of nitrogens with one attached hydrogen (secondary N) is 1. The molecule has 1 aromatic heterocycles. The molecule has 5 heteroatoms. The second-order valence-electron chi connectivity index (χ2n) is 7.25. The molecule has 0 aliphatic rings. The quantitative estimate of drug-likeness (QED) is 0.306. The van der Waals surface area contributed by atoms with E-state index in [-0.39, 0.29) is 5.57 Å². The zero-order valence-electron chi connectivity index (χ0n) is 17.0. The number of hydrogen-bond donors (Lipinski definition) is 1. The topological polar surface area (TPSA) is 57.8 Å². The number of nitrogens with zero attached hydrogens (tertiary/aromatic N) is 2. The summed E-state index contributed by atoms with van der Waals surface area (Å²) in [5.41, 5.74) is 4.41. The summed E-state index contributed by atoms with van der Waals surface area (Å²) in [5, 5.41) is 14.0. The van der Waals surface area contributed by atoms with Crippen molar-refractivity contribution >= 4 is 40.2 Å². The molecule has 0 radical (unpaired) electrons. The zero-order chi connectivity index (χ0) is 21.8. The van der Waals surface area contributed by atoms with Crippen LogP contribution in [0.5, 0.6) is 0 Å². The second kappa shape index (κ2) is 8.91. The van der Waals surface area contributed by atoms with Gasteiger partial charge in [-0.3, -0.25) is 4.79 Å². The highest BCUT2D eigenvalue weighted by molar-refractivity contribution is 6.31. The highest BCUT2D eigenvalue weighted by Crippen LogP contribution is 2.26. The minimum Gasteiger partial charge on any atom is -0.342 e. The summed E-state index contributed by atoms with van der Waals surface area (Å²) < 4.78 is 2.13. The molecule has 0 spiro atoms. The Morgan fingerprint density at radius 3 is 2.58 bits per heavy atom. The molecule has 0 aliphatic heterocycles. The summed E-state index contributed by atoms with van der Waals surface area (Å²) in [6.45, 7) is 2.52. The van der Waals surface area contributed by atoms with E-state index in [2.05, 4.69) is 22.0 Å². The van der Waals surface area contributed by atoms with Gasteiger partial charge in [-0.1, -0.05) is 66.2 Å². The highest BCUT2D eigenvalue weighted by Gasteiger charge is 2.14. The number of carbonyl (C=O) groups is 1. The first-order valence-electron chi connectivity index (χ1n) is 9.87. The Labute approximate surface area is 186 Å². The number of hydrogen-bond acceptors (Lipinski definition) is 2. The first-order valence-corrected chi connectivity index (χ1v) is 10.2. The molecule has 3 aromatic carbocycles. The Kier molecular flexibility index (Phi) is 5.88. The van der Waals surface area contributed by atoms with Crippen molar-refractivity contribution in [3.8, 4) is 6.07 Å². The van der Waals surface area contributed by atoms with Crippen molar-refractivity contribution in [3.05, 3.63) is 106 Å². The summed E-state index contributed by atoms with van der Waals surface area (Å²) in [6, 6.07) is 25.5. The summed E-state index contributed by atoms with van der Waals surface area (Å²) in [4.78, 5) is 12.8. The average Bonchev–Trinajstić information content (AvgIpc) is 3.13. The number of nitriles is 1. The van der Waals surface area contributed by atoms with Gasteiger partial charge in [0.25, 0.3) is 5.91 Å². The third-order valence-electron chi connectivity index (χ3n) is 5.20. The van der Waals surface area contributed by atoms with Crippen molar-refractivity contribution in [3.63, 3.8) is 0 Å². The van der Waals surface area contributed by atoms with E-state index < -0.39 is 5.91 Å². The Balaban J connectivity index is 1.69. The van der Waals surface area contributed by atoms with Crippen molar-refractivity contribution in [2.75, 3.05) is 5.32 Å². The molecule has 0 bridgehead atoms. The van der Waals surface area contributed by atoms with Gasteiger partial charge in [-0.2, -0.15) is 5.26 Å². The van der Waals surface area contributed by atoms with E-state index >= 15 is 0 Å². The van der Waals surface area contributed by atoms with E-state index in [4.69, 9.17) is 11.6 Å². The fraction of sp³-hybridized carbons (Fsp3) is 0.0769. The number of amides is 1. The van der Waals surface area contributed by atoms with Crippen LogP contribution in [0.1, 0.15) is 16.7 Å². The van der Waals surface area contributed by atoms with Gasteiger partial charge in [0.1, 0.15) is 11.6 Å². The lowest BCUT2D eigenvalue weighted by atomic mass is 10.1. The van der Waals surface area contributed by atoms with Crippen molar-refractivity contribution in [1.29, 1.82) is 5.26 Å². The van der Waals surface area contributed by atoms with Crippen LogP contribution in [0.2, 0.25) is 5.02 Å². The molecule has 4 nitrogen and oxygen atoms in total. The van der Waals surface area contributed by atoms with Gasteiger partial charge in [0.15, 0.2) is 0 Å². The lowest BCUT2D eigenvalue weighted by molar-refractivity contribution is -0.112. The van der Waals surface area contributed by atoms with Crippen molar-refractivity contribution in [1.82, 2.24) is 4.57 Å². The predicted octanol–water partition coefficient (Wildman–Crippen LogP) is 6.20. The van der Waals surface area contributed by atoms with E-state index in [9.17, 15) is 10.1 Å². The second-order valence-corrected chi connectivity index (χ2v) is 7.66. The van der Waals surface area contributed by atoms with Crippen molar-refractivity contribution < 1.29 is 4.79 Å². The summed E-state index contributed by atoms with van der Waals surface area (Å²) >= 11 is 6.14. The van der Waals surface area contributed by atoms with Gasteiger partial charge in [0.05, 0.1) is 0 Å². The molecule has 4 rings (SSSR count). The number of para-hydroxylation sites is 1. The van der Waals surface area contributed by atoms with Gasteiger partial charge in [-0.25, -0.2) is 0 Å². The van der Waals surface area contributed by atoms with Gasteiger partial charge in [-0.15, -0.1) is 0 Å². The zero-order valence-corrected chi connectivity index (χ0v) is 17.7.